The summed E-state index contributed by atoms with van der Waals surface area (Å²) < 4.78 is 17.4. The molecular formula is C48H55N5O7S. The number of amides is 4. The van der Waals surface area contributed by atoms with Crippen molar-refractivity contribution in [2.24, 2.45) is 11.8 Å². The molecule has 12 nitrogen and oxygen atoms in total. The summed E-state index contributed by atoms with van der Waals surface area (Å²) in [5.74, 6) is 3.64. The number of anilines is 2. The normalized spacial score (nSPS) is 19.4. The van der Waals surface area contributed by atoms with E-state index in [0.29, 0.717) is 65.4 Å². The first-order valence-corrected chi connectivity index (χ1v) is 22.9. The highest BCUT2D eigenvalue weighted by atomic mass is 32.2. The van der Waals surface area contributed by atoms with Crippen molar-refractivity contribution < 1.29 is 33.4 Å². The van der Waals surface area contributed by atoms with Gasteiger partial charge in [-0.05, 0) is 148 Å². The van der Waals surface area contributed by atoms with Gasteiger partial charge in [-0.1, -0.05) is 18.2 Å². The maximum atomic E-state index is 14.0. The summed E-state index contributed by atoms with van der Waals surface area (Å²) in [6.45, 7) is 7.35. The summed E-state index contributed by atoms with van der Waals surface area (Å²) in [5, 5.41) is 5.57. The monoisotopic (exact) mass is 845 g/mol. The van der Waals surface area contributed by atoms with Gasteiger partial charge in [-0.25, -0.2) is 0 Å². The average molecular weight is 846 g/mol. The van der Waals surface area contributed by atoms with E-state index in [9.17, 15) is 19.2 Å². The summed E-state index contributed by atoms with van der Waals surface area (Å²) in [6, 6.07) is 26.4. The predicted molar refractivity (Wildman–Crippen MR) is 238 cm³/mol. The summed E-state index contributed by atoms with van der Waals surface area (Å²) in [6.07, 6.45) is 7.43. The largest absolute Gasteiger partial charge is 0.493 e. The molecule has 2 atom stereocenters. The lowest BCUT2D eigenvalue weighted by Gasteiger charge is -2.41. The molecule has 61 heavy (non-hydrogen) atoms. The van der Waals surface area contributed by atoms with Crippen LogP contribution in [0, 0.1) is 11.8 Å². The number of ether oxygens (including phenoxy) is 3. The standard InChI is InChI=1S/C48H55N5O7S/c1-4-59-44-27-34(7-17-43(44)58-2)42(30-61-3)53-47(56)39-15-10-36(28-40(39)48(53)57)52-25-21-33(22-26-52)32-19-23-51(24-20-32)29-31-5-11-37(12-6-31)60-38-13-8-35(9-14-38)49-41-16-18-45(54)50-46(41)55/h5-15,17,27-28,32-33,41-42,49H,4,16,18-26,29-30H2,1-3H3,(H,50,54,55). The predicted octanol–water partition coefficient (Wildman–Crippen LogP) is 7.93. The van der Waals surface area contributed by atoms with Crippen molar-refractivity contribution in [3.05, 3.63) is 107 Å². The molecule has 2 unspecified atom stereocenters. The zero-order chi connectivity index (χ0) is 42.5. The maximum Gasteiger partial charge on any atom is 0.262 e. The van der Waals surface area contributed by atoms with Crippen LogP contribution >= 0.6 is 11.8 Å². The van der Waals surface area contributed by atoms with Gasteiger partial charge in [0, 0.05) is 43.2 Å². The number of piperidine rings is 3. The Morgan fingerprint density at radius 1 is 0.770 bits per heavy atom. The highest BCUT2D eigenvalue weighted by molar-refractivity contribution is 7.98. The van der Waals surface area contributed by atoms with E-state index in [1.165, 1.54) is 23.3 Å². The minimum absolute atomic E-state index is 0.227. The number of methoxy groups -OCH3 is 1. The molecular weight excluding hydrogens is 791 g/mol. The van der Waals surface area contributed by atoms with Crippen LogP contribution in [0.5, 0.6) is 23.0 Å². The number of nitrogens with one attached hydrogen (secondary N) is 2. The van der Waals surface area contributed by atoms with Crippen molar-refractivity contribution in [3.63, 3.8) is 0 Å². The molecule has 0 saturated carbocycles. The van der Waals surface area contributed by atoms with Crippen molar-refractivity contribution in [3.8, 4) is 23.0 Å². The minimum Gasteiger partial charge on any atom is -0.493 e. The highest BCUT2D eigenvalue weighted by Gasteiger charge is 2.41. The smallest absolute Gasteiger partial charge is 0.262 e. The first kappa shape index (κ1) is 42.2. The molecule has 4 aliphatic rings. The van der Waals surface area contributed by atoms with Gasteiger partial charge >= 0.3 is 0 Å². The molecule has 8 rings (SSSR count). The summed E-state index contributed by atoms with van der Waals surface area (Å²) >= 11 is 1.60. The van der Waals surface area contributed by atoms with Crippen LogP contribution in [0.1, 0.15) is 83.3 Å². The second-order valence-electron chi connectivity index (χ2n) is 16.4. The fourth-order valence-electron chi connectivity index (χ4n) is 9.29. The molecule has 13 heteroatoms. The Kier molecular flexibility index (Phi) is 13.2. The van der Waals surface area contributed by atoms with Crippen molar-refractivity contribution in [1.29, 1.82) is 0 Å². The summed E-state index contributed by atoms with van der Waals surface area (Å²) in [5.41, 5.74) is 4.86. The second kappa shape index (κ2) is 19.0. The van der Waals surface area contributed by atoms with Crippen LogP contribution in [0.25, 0.3) is 0 Å². The van der Waals surface area contributed by atoms with Crippen LogP contribution in [-0.4, -0.2) is 91.4 Å². The van der Waals surface area contributed by atoms with Gasteiger partial charge in [0.05, 0.1) is 30.9 Å². The number of hydrogen-bond donors (Lipinski definition) is 2. The van der Waals surface area contributed by atoms with Crippen LogP contribution in [-0.2, 0) is 16.1 Å². The topological polar surface area (TPSA) is 130 Å². The van der Waals surface area contributed by atoms with Gasteiger partial charge in [0.1, 0.15) is 17.5 Å². The number of rotatable bonds is 15. The molecule has 4 aromatic rings. The lowest BCUT2D eigenvalue weighted by atomic mass is 9.78. The molecule has 0 bridgehead atoms. The van der Waals surface area contributed by atoms with E-state index in [1.54, 1.807) is 18.9 Å². The Hall–Kier alpha value is -5.53. The third-order valence-corrected chi connectivity index (χ3v) is 13.3. The fraction of sp³-hybridized carbons (Fsp3) is 0.417. The molecule has 0 aromatic heterocycles. The van der Waals surface area contributed by atoms with Gasteiger partial charge in [-0.15, -0.1) is 0 Å². The number of benzene rings is 4. The van der Waals surface area contributed by atoms with Crippen LogP contribution in [0.3, 0.4) is 0 Å². The van der Waals surface area contributed by atoms with Gasteiger partial charge in [0.2, 0.25) is 11.8 Å². The molecule has 0 radical (unpaired) electrons. The molecule has 4 aromatic carbocycles. The molecule has 0 aliphatic carbocycles. The Morgan fingerprint density at radius 3 is 2.10 bits per heavy atom. The van der Waals surface area contributed by atoms with Crippen molar-refractivity contribution in [2.45, 2.75) is 64.1 Å². The average Bonchev–Trinajstić information content (AvgIpc) is 3.53. The number of imide groups is 2. The first-order valence-electron chi connectivity index (χ1n) is 21.5. The molecule has 4 heterocycles. The van der Waals surface area contributed by atoms with E-state index in [1.807, 2.05) is 86.0 Å². The van der Waals surface area contributed by atoms with Crippen LogP contribution < -0.4 is 29.7 Å². The molecule has 320 valence electrons. The zero-order valence-corrected chi connectivity index (χ0v) is 36.0. The molecule has 4 aliphatic heterocycles. The van der Waals surface area contributed by atoms with Gasteiger partial charge < -0.3 is 24.4 Å². The van der Waals surface area contributed by atoms with Gasteiger partial charge in [0.15, 0.2) is 11.5 Å². The van der Waals surface area contributed by atoms with E-state index < -0.39 is 12.1 Å². The van der Waals surface area contributed by atoms with E-state index in [-0.39, 0.29) is 23.6 Å². The van der Waals surface area contributed by atoms with Crippen molar-refractivity contribution in [2.75, 3.05) is 62.1 Å². The SMILES string of the molecule is CCOc1cc(C(CSC)N2C(=O)c3ccc(N4CCC(C5CCN(Cc6ccc(Oc7ccc(NC8CCC(=O)NC8=O)cc7)cc6)CC5)CC4)cc3C2=O)ccc1OC. The quantitative estimate of drug-likeness (QED) is 0.113. The number of thioether (sulfide) groups is 1. The Balaban J connectivity index is 0.798. The molecule has 0 spiro atoms. The van der Waals surface area contributed by atoms with Crippen LogP contribution in [0.4, 0.5) is 11.4 Å². The Bertz CT molecular complexity index is 2220. The van der Waals surface area contributed by atoms with Gasteiger partial charge in [-0.2, -0.15) is 11.8 Å². The third kappa shape index (κ3) is 9.53. The second-order valence-corrected chi connectivity index (χ2v) is 17.3. The molecule has 2 N–H and O–H groups in total. The molecule has 3 fully saturated rings. The van der Waals surface area contributed by atoms with E-state index in [0.717, 1.165) is 68.3 Å². The molecule has 3 saturated heterocycles. The summed E-state index contributed by atoms with van der Waals surface area (Å²) in [4.78, 5) is 57.7. The summed E-state index contributed by atoms with van der Waals surface area (Å²) in [7, 11) is 1.60. The Labute approximate surface area is 362 Å². The number of carbonyl (C=O) groups excluding carboxylic acids is 4. The van der Waals surface area contributed by atoms with Crippen LogP contribution in [0.15, 0.2) is 84.9 Å². The van der Waals surface area contributed by atoms with E-state index >= 15 is 0 Å². The van der Waals surface area contributed by atoms with Gasteiger partial charge in [0.25, 0.3) is 11.8 Å². The van der Waals surface area contributed by atoms with E-state index in [2.05, 4.69) is 32.6 Å². The lowest BCUT2D eigenvalue weighted by Crippen LogP contribution is -2.47. The number of carbonyl (C=O) groups is 4. The number of nitrogens with zero attached hydrogens (tertiary/aromatic N) is 3. The Morgan fingerprint density at radius 2 is 1.44 bits per heavy atom. The highest BCUT2D eigenvalue weighted by Crippen LogP contribution is 2.40. The van der Waals surface area contributed by atoms with Crippen molar-refractivity contribution in [1.82, 2.24) is 15.1 Å². The lowest BCUT2D eigenvalue weighted by molar-refractivity contribution is -0.133. The van der Waals surface area contributed by atoms with E-state index in [4.69, 9.17) is 14.2 Å². The minimum atomic E-state index is -0.436. The first-order chi connectivity index (χ1) is 29.7. The number of likely N-dealkylation sites (tertiary alicyclic amines) is 1. The maximum absolute atomic E-state index is 14.0. The molecule has 4 amide bonds. The number of fused-ring (bicyclic) bond motifs is 1. The number of hydrogen-bond acceptors (Lipinski definition) is 11. The van der Waals surface area contributed by atoms with Crippen LogP contribution in [0.2, 0.25) is 0 Å². The van der Waals surface area contributed by atoms with Crippen molar-refractivity contribution >= 4 is 46.8 Å². The zero-order valence-electron chi connectivity index (χ0n) is 35.2. The third-order valence-electron chi connectivity index (χ3n) is 12.6. The fourth-order valence-corrected chi connectivity index (χ4v) is 9.95. The van der Waals surface area contributed by atoms with Gasteiger partial charge in [-0.3, -0.25) is 34.3 Å².